The predicted octanol–water partition coefficient (Wildman–Crippen LogP) is 2.82. The number of allylic oxidation sites excluding steroid dienone is 1. The second kappa shape index (κ2) is 7.56. The predicted molar refractivity (Wildman–Crippen MR) is 75.8 cm³/mol. The molecule has 0 spiro atoms. The third-order valence-corrected chi connectivity index (χ3v) is 3.40. The lowest BCUT2D eigenvalue weighted by Crippen LogP contribution is -2.44. The third-order valence-electron chi connectivity index (χ3n) is 2.14. The van der Waals surface area contributed by atoms with Crippen LogP contribution in [-0.2, 0) is 15.5 Å². The molecule has 0 aromatic heterocycles. The van der Waals surface area contributed by atoms with Gasteiger partial charge in [0, 0.05) is 22.6 Å². The van der Waals surface area contributed by atoms with Gasteiger partial charge in [-0.25, -0.2) is 4.79 Å². The summed E-state index contributed by atoms with van der Waals surface area (Å²) in [5.41, 5.74) is -0.520. The molecule has 0 aliphatic rings. The van der Waals surface area contributed by atoms with Crippen LogP contribution >= 0.6 is 0 Å². The molecule has 0 saturated heterocycles. The Morgan fingerprint density at radius 1 is 1.39 bits per heavy atom. The van der Waals surface area contributed by atoms with Gasteiger partial charge in [0.25, 0.3) is 0 Å². The summed E-state index contributed by atoms with van der Waals surface area (Å²) >= 11 is 0. The van der Waals surface area contributed by atoms with E-state index >= 15 is 0 Å². The van der Waals surface area contributed by atoms with Crippen LogP contribution in [-0.4, -0.2) is 27.7 Å². The Bertz CT molecular complexity index is 319. The van der Waals surface area contributed by atoms with Gasteiger partial charge < -0.3 is 10.1 Å². The molecular formula is C13H25NO3S. The molecule has 0 aromatic rings. The summed E-state index contributed by atoms with van der Waals surface area (Å²) in [7, 11) is -1.06. The minimum Gasteiger partial charge on any atom is -0.444 e. The quantitative estimate of drug-likeness (QED) is 0.839. The normalized spacial score (nSPS) is 15.7. The molecule has 0 aromatic carbocycles. The number of hydrogen-bond acceptors (Lipinski definition) is 3. The van der Waals surface area contributed by atoms with Gasteiger partial charge in [-0.2, -0.15) is 0 Å². The second-order valence-electron chi connectivity index (χ2n) is 5.51. The van der Waals surface area contributed by atoms with Crippen LogP contribution in [0.4, 0.5) is 4.79 Å². The fraction of sp³-hybridized carbons (Fsp3) is 0.769. The molecule has 2 atom stereocenters. The van der Waals surface area contributed by atoms with Crippen molar-refractivity contribution >= 4 is 16.9 Å². The fourth-order valence-corrected chi connectivity index (χ4v) is 2.48. The van der Waals surface area contributed by atoms with Crippen molar-refractivity contribution in [1.82, 2.24) is 5.32 Å². The van der Waals surface area contributed by atoms with Gasteiger partial charge >= 0.3 is 6.09 Å². The Hall–Kier alpha value is -0.840. The molecule has 0 fully saturated rings. The highest BCUT2D eigenvalue weighted by Gasteiger charge is 2.22. The van der Waals surface area contributed by atoms with Gasteiger partial charge in [0.05, 0.1) is 0 Å². The maximum absolute atomic E-state index is 11.7. The van der Waals surface area contributed by atoms with Gasteiger partial charge in [0.1, 0.15) is 5.60 Å². The van der Waals surface area contributed by atoms with Crippen LogP contribution in [0.3, 0.4) is 0 Å². The summed E-state index contributed by atoms with van der Waals surface area (Å²) in [5, 5.41) is 4.41. The van der Waals surface area contributed by atoms with E-state index in [9.17, 15) is 9.00 Å². The van der Waals surface area contributed by atoms with Crippen LogP contribution in [0.5, 0.6) is 0 Å². The molecule has 1 amide bonds. The molecule has 0 radical (unpaired) electrons. The Balaban J connectivity index is 4.45. The highest BCUT2D eigenvalue weighted by atomic mass is 32.2. The molecule has 4 nitrogen and oxygen atoms in total. The number of carbonyl (C=O) groups is 1. The van der Waals surface area contributed by atoms with Crippen LogP contribution < -0.4 is 5.32 Å². The third kappa shape index (κ3) is 8.28. The molecule has 106 valence electrons. The average Bonchev–Trinajstić information content (AvgIpc) is 2.13. The lowest BCUT2D eigenvalue weighted by molar-refractivity contribution is 0.0497. The van der Waals surface area contributed by atoms with Crippen molar-refractivity contribution in [2.75, 3.05) is 5.75 Å². The van der Waals surface area contributed by atoms with E-state index in [2.05, 4.69) is 5.32 Å². The first-order chi connectivity index (χ1) is 8.15. The summed E-state index contributed by atoms with van der Waals surface area (Å²) in [6.45, 7) is 11.2. The van der Waals surface area contributed by atoms with Crippen molar-refractivity contribution in [3.63, 3.8) is 0 Å². The van der Waals surface area contributed by atoms with E-state index in [-0.39, 0.29) is 12.0 Å². The van der Waals surface area contributed by atoms with Crippen LogP contribution in [0.1, 0.15) is 41.5 Å². The number of carbonyl (C=O) groups excluding carboxylic acids is 1. The summed E-state index contributed by atoms with van der Waals surface area (Å²) in [6, 6.07) is -0.156. The van der Waals surface area contributed by atoms with Crippen molar-refractivity contribution in [3.8, 4) is 0 Å². The first-order valence-electron chi connectivity index (χ1n) is 6.15. The maximum atomic E-state index is 11.7. The molecule has 0 aliphatic heterocycles. The molecule has 1 N–H and O–H groups in total. The Morgan fingerprint density at radius 2 is 1.94 bits per heavy atom. The number of ether oxygens (including phenoxy) is 1. The van der Waals surface area contributed by atoms with Crippen LogP contribution in [0, 0.1) is 5.92 Å². The van der Waals surface area contributed by atoms with E-state index in [1.165, 1.54) is 0 Å². The Labute approximate surface area is 113 Å². The van der Waals surface area contributed by atoms with E-state index in [0.717, 1.165) is 0 Å². The highest BCUT2D eigenvalue weighted by Crippen LogP contribution is 2.09. The minimum absolute atomic E-state index is 0.156. The number of amides is 1. The molecule has 2 unspecified atom stereocenters. The number of alkyl carbamates (subject to hydrolysis) is 1. The number of rotatable bonds is 5. The van der Waals surface area contributed by atoms with Crippen molar-refractivity contribution < 1.29 is 13.7 Å². The molecule has 0 saturated carbocycles. The van der Waals surface area contributed by atoms with Gasteiger partial charge in [0.15, 0.2) is 0 Å². The van der Waals surface area contributed by atoms with Crippen molar-refractivity contribution in [3.05, 3.63) is 11.5 Å². The zero-order chi connectivity index (χ0) is 14.3. The first kappa shape index (κ1) is 17.2. The molecular weight excluding hydrogens is 250 g/mol. The molecule has 18 heavy (non-hydrogen) atoms. The lowest BCUT2D eigenvalue weighted by atomic mass is 10.1. The van der Waals surface area contributed by atoms with E-state index in [1.54, 1.807) is 11.5 Å². The topological polar surface area (TPSA) is 55.4 Å². The fourth-order valence-electron chi connectivity index (χ4n) is 1.24. The summed E-state index contributed by atoms with van der Waals surface area (Å²) in [6.07, 6.45) is 1.29. The zero-order valence-corrected chi connectivity index (χ0v) is 13.0. The Kier molecular flexibility index (Phi) is 7.21. The van der Waals surface area contributed by atoms with Crippen molar-refractivity contribution in [1.29, 1.82) is 0 Å². The zero-order valence-electron chi connectivity index (χ0n) is 12.1. The minimum atomic E-state index is -1.06. The summed E-state index contributed by atoms with van der Waals surface area (Å²) < 4.78 is 16.8. The van der Waals surface area contributed by atoms with Crippen LogP contribution in [0.25, 0.3) is 0 Å². The molecule has 0 heterocycles. The molecule has 0 bridgehead atoms. The van der Waals surface area contributed by atoms with Gasteiger partial charge in [0.2, 0.25) is 0 Å². The second-order valence-corrected chi connectivity index (χ2v) is 6.88. The molecule has 0 aliphatic carbocycles. The SMILES string of the molecule is C/C=C/S(=O)CC(NC(=O)OC(C)(C)C)C(C)C. The number of nitrogens with one attached hydrogen (secondary N) is 1. The summed E-state index contributed by atoms with van der Waals surface area (Å²) in [5.74, 6) is 0.605. The van der Waals surface area contributed by atoms with E-state index in [1.807, 2.05) is 41.5 Å². The monoisotopic (exact) mass is 275 g/mol. The van der Waals surface area contributed by atoms with E-state index in [4.69, 9.17) is 4.74 Å². The van der Waals surface area contributed by atoms with Gasteiger partial charge in [-0.3, -0.25) is 4.21 Å². The van der Waals surface area contributed by atoms with Gasteiger partial charge in [-0.15, -0.1) is 0 Å². The standard InChI is InChI=1S/C13H25NO3S/c1-7-8-18(16)9-11(10(2)3)14-12(15)17-13(4,5)6/h7-8,10-11H,9H2,1-6H3,(H,14,15)/b8-7+. The van der Waals surface area contributed by atoms with Crippen molar-refractivity contribution in [2.45, 2.75) is 53.2 Å². The Morgan fingerprint density at radius 3 is 2.33 bits per heavy atom. The average molecular weight is 275 g/mol. The van der Waals surface area contributed by atoms with Gasteiger partial charge in [-0.1, -0.05) is 19.9 Å². The molecule has 5 heteroatoms. The van der Waals surface area contributed by atoms with E-state index < -0.39 is 22.5 Å². The summed E-state index contributed by atoms with van der Waals surface area (Å²) in [4.78, 5) is 11.7. The smallest absolute Gasteiger partial charge is 0.407 e. The van der Waals surface area contributed by atoms with Crippen LogP contribution in [0.2, 0.25) is 0 Å². The maximum Gasteiger partial charge on any atom is 0.407 e. The van der Waals surface area contributed by atoms with E-state index in [0.29, 0.717) is 5.75 Å². The molecule has 0 rings (SSSR count). The number of hydrogen-bond donors (Lipinski definition) is 1. The van der Waals surface area contributed by atoms with Crippen molar-refractivity contribution in [2.24, 2.45) is 5.92 Å². The lowest BCUT2D eigenvalue weighted by Gasteiger charge is -2.25. The van der Waals surface area contributed by atoms with Gasteiger partial charge in [-0.05, 0) is 39.0 Å². The first-order valence-corrected chi connectivity index (χ1v) is 7.53. The largest absolute Gasteiger partial charge is 0.444 e. The highest BCUT2D eigenvalue weighted by molar-refractivity contribution is 7.88. The van der Waals surface area contributed by atoms with Crippen LogP contribution in [0.15, 0.2) is 11.5 Å².